The number of carbonyl (C=O) groups is 1. The van der Waals surface area contributed by atoms with Gasteiger partial charge in [-0.15, -0.1) is 0 Å². The molecule has 1 rings (SSSR count). The van der Waals surface area contributed by atoms with Crippen molar-refractivity contribution in [3.05, 3.63) is 0 Å². The van der Waals surface area contributed by atoms with Crippen LogP contribution in [0.2, 0.25) is 0 Å². The van der Waals surface area contributed by atoms with E-state index in [1.54, 1.807) is 11.8 Å². The molecule has 4 heteroatoms. The van der Waals surface area contributed by atoms with E-state index in [-0.39, 0.29) is 5.91 Å². The van der Waals surface area contributed by atoms with Crippen LogP contribution in [0.15, 0.2) is 4.99 Å². The van der Waals surface area contributed by atoms with Crippen molar-refractivity contribution in [1.29, 1.82) is 0 Å². The second kappa shape index (κ2) is 7.74. The fourth-order valence-electron chi connectivity index (χ4n) is 1.48. The molecule has 15 heavy (non-hydrogen) atoms. The highest BCUT2D eigenvalue weighted by Crippen LogP contribution is 2.10. The number of hydrogen-bond donors (Lipinski definition) is 1. The van der Waals surface area contributed by atoms with Gasteiger partial charge in [-0.3, -0.25) is 9.79 Å². The Balaban J connectivity index is 1.98. The van der Waals surface area contributed by atoms with Crippen molar-refractivity contribution < 1.29 is 4.79 Å². The molecule has 0 fully saturated rings. The topological polar surface area (TPSA) is 41.5 Å². The van der Waals surface area contributed by atoms with Gasteiger partial charge in [-0.25, -0.2) is 0 Å². The first-order chi connectivity index (χ1) is 7.33. The summed E-state index contributed by atoms with van der Waals surface area (Å²) < 4.78 is 0. The number of amides is 1. The molecule has 0 saturated carbocycles. The van der Waals surface area contributed by atoms with Crippen molar-refractivity contribution in [3.63, 3.8) is 0 Å². The lowest BCUT2D eigenvalue weighted by molar-refractivity contribution is -0.119. The summed E-state index contributed by atoms with van der Waals surface area (Å²) >= 11 is 1.64. The van der Waals surface area contributed by atoms with Crippen LogP contribution in [0.25, 0.3) is 0 Å². The first kappa shape index (κ1) is 12.6. The number of carbonyl (C=O) groups excluding carboxylic acids is 1. The molecule has 0 saturated heterocycles. The molecule has 1 amide bonds. The van der Waals surface area contributed by atoms with Crippen molar-refractivity contribution in [2.24, 2.45) is 4.99 Å². The Kier molecular flexibility index (Phi) is 6.48. The maximum absolute atomic E-state index is 11.4. The lowest BCUT2D eigenvalue weighted by Gasteiger charge is -2.03. The maximum Gasteiger partial charge on any atom is 0.225 e. The molecule has 1 aliphatic rings. The summed E-state index contributed by atoms with van der Waals surface area (Å²) in [6.45, 7) is 3.04. The van der Waals surface area contributed by atoms with Gasteiger partial charge in [0.25, 0.3) is 0 Å². The molecule has 86 valence electrons. The van der Waals surface area contributed by atoms with Crippen molar-refractivity contribution >= 4 is 22.8 Å². The van der Waals surface area contributed by atoms with Gasteiger partial charge in [-0.1, -0.05) is 44.4 Å². The third-order valence-corrected chi connectivity index (χ3v) is 3.23. The monoisotopic (exact) mass is 228 g/mol. The van der Waals surface area contributed by atoms with E-state index < -0.39 is 0 Å². The zero-order chi connectivity index (χ0) is 10.9. The minimum atomic E-state index is 0.125. The fraction of sp³-hybridized carbons (Fsp3) is 0.818. The van der Waals surface area contributed by atoms with Crippen molar-refractivity contribution in [2.75, 3.05) is 12.3 Å². The quantitative estimate of drug-likeness (QED) is 0.710. The van der Waals surface area contributed by atoms with E-state index in [1.807, 2.05) is 0 Å². The van der Waals surface area contributed by atoms with E-state index in [9.17, 15) is 4.79 Å². The van der Waals surface area contributed by atoms with Crippen molar-refractivity contribution in [1.82, 2.24) is 5.32 Å². The predicted octanol–water partition coefficient (Wildman–Crippen LogP) is 2.57. The van der Waals surface area contributed by atoms with Crippen LogP contribution in [0.4, 0.5) is 0 Å². The summed E-state index contributed by atoms with van der Waals surface area (Å²) in [5, 5.41) is 3.66. The molecule has 0 unspecified atom stereocenters. The van der Waals surface area contributed by atoms with Gasteiger partial charge in [-0.2, -0.15) is 0 Å². The van der Waals surface area contributed by atoms with Crippen molar-refractivity contribution in [3.8, 4) is 0 Å². The van der Waals surface area contributed by atoms with E-state index in [4.69, 9.17) is 0 Å². The van der Waals surface area contributed by atoms with Crippen LogP contribution in [-0.2, 0) is 4.79 Å². The van der Waals surface area contributed by atoms with Crippen LogP contribution in [-0.4, -0.2) is 23.4 Å². The highest BCUT2D eigenvalue weighted by Gasteiger charge is 2.09. The van der Waals surface area contributed by atoms with E-state index >= 15 is 0 Å². The molecule has 0 aromatic rings. The van der Waals surface area contributed by atoms with Crippen LogP contribution < -0.4 is 5.32 Å². The van der Waals surface area contributed by atoms with E-state index in [1.165, 1.54) is 25.7 Å². The van der Waals surface area contributed by atoms with Gasteiger partial charge >= 0.3 is 0 Å². The summed E-state index contributed by atoms with van der Waals surface area (Å²) in [6, 6.07) is 0. The van der Waals surface area contributed by atoms with Gasteiger partial charge in [0.1, 0.15) is 0 Å². The van der Waals surface area contributed by atoms with Crippen LogP contribution in [0.5, 0.6) is 0 Å². The number of rotatable bonds is 6. The summed E-state index contributed by atoms with van der Waals surface area (Å²) in [5.74, 6) is 1.13. The predicted molar refractivity (Wildman–Crippen MR) is 66.3 cm³/mol. The molecule has 0 bridgehead atoms. The summed E-state index contributed by atoms with van der Waals surface area (Å²) in [7, 11) is 0. The second-order valence-electron chi connectivity index (χ2n) is 3.75. The Morgan fingerprint density at radius 3 is 2.87 bits per heavy atom. The third kappa shape index (κ3) is 5.82. The number of aliphatic imine (C=N–C) groups is 1. The van der Waals surface area contributed by atoms with Gasteiger partial charge < -0.3 is 5.32 Å². The van der Waals surface area contributed by atoms with Gasteiger partial charge in [0.15, 0.2) is 5.17 Å². The summed E-state index contributed by atoms with van der Waals surface area (Å²) in [4.78, 5) is 15.6. The molecular weight excluding hydrogens is 208 g/mol. The fourth-order valence-corrected chi connectivity index (χ4v) is 2.23. The number of thioether (sulfide) groups is 1. The molecule has 0 spiro atoms. The van der Waals surface area contributed by atoms with E-state index in [0.29, 0.717) is 6.42 Å². The molecule has 0 atom stereocenters. The number of hydrogen-bond acceptors (Lipinski definition) is 3. The normalized spacial score (nSPS) is 15.1. The van der Waals surface area contributed by atoms with Gasteiger partial charge in [0.2, 0.25) is 5.91 Å². The minimum absolute atomic E-state index is 0.125. The molecule has 1 aliphatic heterocycles. The van der Waals surface area contributed by atoms with Crippen LogP contribution in [0.1, 0.15) is 45.4 Å². The smallest absolute Gasteiger partial charge is 0.225 e. The highest BCUT2D eigenvalue weighted by atomic mass is 32.2. The van der Waals surface area contributed by atoms with Gasteiger partial charge in [0.05, 0.1) is 6.54 Å². The lowest BCUT2D eigenvalue weighted by Crippen LogP contribution is -2.26. The SMILES string of the molecule is CCCCCCCC(=O)NC1=NCCS1. The molecule has 1 heterocycles. The minimum Gasteiger partial charge on any atom is -0.305 e. The number of nitrogens with zero attached hydrogens (tertiary/aromatic N) is 1. The molecule has 0 aromatic heterocycles. The Bertz CT molecular complexity index is 229. The second-order valence-corrected chi connectivity index (χ2v) is 4.83. The Morgan fingerprint density at radius 2 is 2.20 bits per heavy atom. The van der Waals surface area contributed by atoms with Gasteiger partial charge in [0, 0.05) is 12.2 Å². The number of nitrogens with one attached hydrogen (secondary N) is 1. The van der Waals surface area contributed by atoms with Crippen LogP contribution in [0.3, 0.4) is 0 Å². The zero-order valence-corrected chi connectivity index (χ0v) is 10.2. The number of unbranched alkanes of at least 4 members (excludes halogenated alkanes) is 4. The molecule has 1 N–H and O–H groups in total. The highest BCUT2D eigenvalue weighted by molar-refractivity contribution is 8.14. The zero-order valence-electron chi connectivity index (χ0n) is 9.42. The number of amidine groups is 1. The first-order valence-electron chi connectivity index (χ1n) is 5.80. The van der Waals surface area contributed by atoms with Gasteiger partial charge in [-0.05, 0) is 6.42 Å². The molecular formula is C11H20N2OS. The van der Waals surface area contributed by atoms with Crippen molar-refractivity contribution in [2.45, 2.75) is 45.4 Å². The Hall–Kier alpha value is -0.510. The third-order valence-electron chi connectivity index (χ3n) is 2.34. The maximum atomic E-state index is 11.4. The average molecular weight is 228 g/mol. The Labute approximate surface area is 96.1 Å². The summed E-state index contributed by atoms with van der Waals surface area (Å²) in [5.41, 5.74) is 0. The molecule has 0 radical (unpaired) electrons. The van der Waals surface area contributed by atoms with Crippen LogP contribution >= 0.6 is 11.8 Å². The Morgan fingerprint density at radius 1 is 1.40 bits per heavy atom. The summed E-state index contributed by atoms with van der Waals surface area (Å²) in [6.07, 6.45) is 6.59. The van der Waals surface area contributed by atoms with E-state index in [2.05, 4.69) is 17.2 Å². The molecule has 3 nitrogen and oxygen atoms in total. The first-order valence-corrected chi connectivity index (χ1v) is 6.78. The van der Waals surface area contributed by atoms with E-state index in [0.717, 1.165) is 23.9 Å². The average Bonchev–Trinajstić information content (AvgIpc) is 2.70. The van der Waals surface area contributed by atoms with Crippen LogP contribution in [0, 0.1) is 0 Å². The standard InChI is InChI=1S/C11H20N2OS/c1-2-3-4-5-6-7-10(14)13-11-12-8-9-15-11/h2-9H2,1H3,(H,12,13,14). The largest absolute Gasteiger partial charge is 0.305 e. The lowest BCUT2D eigenvalue weighted by atomic mass is 10.1. The molecule has 0 aromatic carbocycles. The molecule has 0 aliphatic carbocycles.